The van der Waals surface area contributed by atoms with E-state index in [2.05, 4.69) is 27.0 Å². The van der Waals surface area contributed by atoms with Gasteiger partial charge in [0.1, 0.15) is 23.1 Å². The summed E-state index contributed by atoms with van der Waals surface area (Å²) in [7, 11) is 3.42. The molecule has 1 aliphatic rings. The number of methoxy groups -OCH3 is 2. The molecule has 4 rings (SSSR count). The fourth-order valence-corrected chi connectivity index (χ4v) is 4.58. The molecule has 0 atom stereocenters. The molecule has 154 valence electrons. The quantitative estimate of drug-likeness (QED) is 0.585. The molecule has 0 radical (unpaired) electrons. The zero-order chi connectivity index (χ0) is 20.4. The van der Waals surface area contributed by atoms with E-state index in [1.54, 1.807) is 32.0 Å². The van der Waals surface area contributed by atoms with Crippen LogP contribution in [0.3, 0.4) is 0 Å². The first kappa shape index (κ1) is 20.0. The monoisotopic (exact) mass is 415 g/mol. The molecule has 1 N–H and O–H groups in total. The van der Waals surface area contributed by atoms with E-state index in [0.29, 0.717) is 5.92 Å². The number of halogens is 1. The maximum Gasteiger partial charge on any atom is 0.132 e. The molecule has 1 aromatic heterocycles. The molecule has 0 spiro atoms. The van der Waals surface area contributed by atoms with E-state index in [0.717, 1.165) is 71.3 Å². The standard InChI is InChI=1S/C22H26FN3O2S/c1-27-19-12-21(29-3)20(28-2)10-15(19)13-26-8-6-14(7-9-26)22-24-17-5-4-16(23)11-18(17)25-22/h4-5,10-12,14H,6-9,13H2,1-3H3,(H,24,25). The topological polar surface area (TPSA) is 50.4 Å². The van der Waals surface area contributed by atoms with Crippen molar-refractivity contribution in [3.63, 3.8) is 0 Å². The van der Waals surface area contributed by atoms with E-state index in [4.69, 9.17) is 9.47 Å². The predicted molar refractivity (Wildman–Crippen MR) is 115 cm³/mol. The van der Waals surface area contributed by atoms with Gasteiger partial charge in [0.25, 0.3) is 0 Å². The molecule has 29 heavy (non-hydrogen) atoms. The molecule has 0 bridgehead atoms. The maximum absolute atomic E-state index is 13.4. The molecule has 2 heterocycles. The summed E-state index contributed by atoms with van der Waals surface area (Å²) in [6, 6.07) is 8.85. The van der Waals surface area contributed by atoms with Crippen molar-refractivity contribution in [2.75, 3.05) is 33.6 Å². The molecule has 5 nitrogen and oxygen atoms in total. The number of imidazole rings is 1. The highest BCUT2D eigenvalue weighted by Gasteiger charge is 2.24. The number of fused-ring (bicyclic) bond motifs is 1. The number of benzene rings is 2. The Balaban J connectivity index is 1.44. The Morgan fingerprint density at radius 1 is 1.14 bits per heavy atom. The van der Waals surface area contributed by atoms with E-state index >= 15 is 0 Å². The molecule has 7 heteroatoms. The molecule has 1 fully saturated rings. The number of piperidine rings is 1. The highest BCUT2D eigenvalue weighted by Crippen LogP contribution is 2.36. The smallest absolute Gasteiger partial charge is 0.132 e. The summed E-state index contributed by atoms with van der Waals surface area (Å²) < 4.78 is 24.6. The van der Waals surface area contributed by atoms with Gasteiger partial charge in [-0.25, -0.2) is 9.37 Å². The van der Waals surface area contributed by atoms with Gasteiger partial charge in [-0.3, -0.25) is 4.90 Å². The minimum atomic E-state index is -0.237. The number of thioether (sulfide) groups is 1. The van der Waals surface area contributed by atoms with Crippen LogP contribution in [0.2, 0.25) is 0 Å². The van der Waals surface area contributed by atoms with Gasteiger partial charge in [0, 0.05) is 18.0 Å². The number of hydrogen-bond donors (Lipinski definition) is 1. The summed E-state index contributed by atoms with van der Waals surface area (Å²) in [5.41, 5.74) is 2.74. The van der Waals surface area contributed by atoms with Gasteiger partial charge in [-0.15, -0.1) is 11.8 Å². The lowest BCUT2D eigenvalue weighted by molar-refractivity contribution is 0.199. The molecule has 3 aromatic rings. The van der Waals surface area contributed by atoms with Crippen LogP contribution in [0.15, 0.2) is 35.2 Å². The normalized spacial score (nSPS) is 15.7. The van der Waals surface area contributed by atoms with Gasteiger partial charge >= 0.3 is 0 Å². The third-order valence-electron chi connectivity index (χ3n) is 5.62. The SMILES string of the molecule is COc1cc(SC)c(OC)cc1CN1CCC(c2nc3ccc(F)cc3[nH]2)CC1. The van der Waals surface area contributed by atoms with Crippen LogP contribution in [-0.4, -0.2) is 48.4 Å². The van der Waals surface area contributed by atoms with Crippen LogP contribution in [-0.2, 0) is 6.54 Å². The highest BCUT2D eigenvalue weighted by atomic mass is 32.2. The van der Waals surface area contributed by atoms with Crippen LogP contribution in [0.4, 0.5) is 4.39 Å². The van der Waals surface area contributed by atoms with Crippen molar-refractivity contribution in [3.05, 3.63) is 47.5 Å². The Labute approximate surface area is 174 Å². The fourth-order valence-electron chi connectivity index (χ4n) is 4.02. The fraction of sp³-hybridized carbons (Fsp3) is 0.409. The lowest BCUT2D eigenvalue weighted by atomic mass is 9.95. The van der Waals surface area contributed by atoms with Crippen LogP contribution in [0.1, 0.15) is 30.1 Å². The van der Waals surface area contributed by atoms with Crippen LogP contribution in [0.5, 0.6) is 11.5 Å². The van der Waals surface area contributed by atoms with Crippen LogP contribution >= 0.6 is 11.8 Å². The Bertz CT molecular complexity index is 999. The Hall–Kier alpha value is -2.25. The summed E-state index contributed by atoms with van der Waals surface area (Å²) in [5, 5.41) is 0. The van der Waals surface area contributed by atoms with Crippen LogP contribution in [0, 0.1) is 5.82 Å². The van der Waals surface area contributed by atoms with Crippen LogP contribution in [0.25, 0.3) is 11.0 Å². The summed E-state index contributed by atoms with van der Waals surface area (Å²) in [5.74, 6) is 2.89. The first-order valence-electron chi connectivity index (χ1n) is 9.77. The average molecular weight is 416 g/mol. The van der Waals surface area contributed by atoms with E-state index in [-0.39, 0.29) is 5.82 Å². The second-order valence-electron chi connectivity index (χ2n) is 7.35. The molecule has 0 saturated carbocycles. The van der Waals surface area contributed by atoms with Gasteiger partial charge in [0.15, 0.2) is 0 Å². The van der Waals surface area contributed by atoms with E-state index < -0.39 is 0 Å². The Morgan fingerprint density at radius 2 is 1.90 bits per heavy atom. The first-order valence-corrected chi connectivity index (χ1v) is 11.0. The number of nitrogens with one attached hydrogen (secondary N) is 1. The third kappa shape index (κ3) is 4.21. The predicted octanol–water partition coefficient (Wildman–Crippen LogP) is 4.82. The van der Waals surface area contributed by atoms with E-state index in [1.165, 1.54) is 12.1 Å². The molecule has 2 aromatic carbocycles. The Kier molecular flexibility index (Phi) is 5.96. The molecule has 0 aliphatic carbocycles. The third-order valence-corrected chi connectivity index (χ3v) is 6.38. The van der Waals surface area contributed by atoms with Gasteiger partial charge in [0.2, 0.25) is 0 Å². The molecule has 0 unspecified atom stereocenters. The lowest BCUT2D eigenvalue weighted by Gasteiger charge is -2.31. The molecule has 1 saturated heterocycles. The average Bonchev–Trinajstić information content (AvgIpc) is 3.17. The zero-order valence-electron chi connectivity index (χ0n) is 17.0. The second kappa shape index (κ2) is 8.63. The van der Waals surface area contributed by atoms with Gasteiger partial charge in [-0.1, -0.05) is 0 Å². The van der Waals surface area contributed by atoms with Crippen molar-refractivity contribution in [1.29, 1.82) is 0 Å². The zero-order valence-corrected chi connectivity index (χ0v) is 17.8. The van der Waals surface area contributed by atoms with Crippen molar-refractivity contribution in [2.24, 2.45) is 0 Å². The number of ether oxygens (including phenoxy) is 2. The largest absolute Gasteiger partial charge is 0.496 e. The number of rotatable bonds is 6. The molecular formula is C22H26FN3O2S. The van der Waals surface area contributed by atoms with Gasteiger partial charge in [-0.05, 0) is 62.5 Å². The van der Waals surface area contributed by atoms with Crippen molar-refractivity contribution < 1.29 is 13.9 Å². The number of hydrogen-bond acceptors (Lipinski definition) is 5. The van der Waals surface area contributed by atoms with Crippen molar-refractivity contribution in [2.45, 2.75) is 30.2 Å². The minimum Gasteiger partial charge on any atom is -0.496 e. The summed E-state index contributed by atoms with van der Waals surface area (Å²) in [4.78, 5) is 11.5. The van der Waals surface area contributed by atoms with Gasteiger partial charge < -0.3 is 14.5 Å². The lowest BCUT2D eigenvalue weighted by Crippen LogP contribution is -2.32. The molecule has 0 amide bonds. The molecular weight excluding hydrogens is 389 g/mol. The van der Waals surface area contributed by atoms with Crippen molar-refractivity contribution in [1.82, 2.24) is 14.9 Å². The number of aromatic amines is 1. The summed E-state index contributed by atoms with van der Waals surface area (Å²) in [6.07, 6.45) is 4.07. The van der Waals surface area contributed by atoms with E-state index in [9.17, 15) is 4.39 Å². The van der Waals surface area contributed by atoms with E-state index in [1.807, 2.05) is 6.26 Å². The van der Waals surface area contributed by atoms with Gasteiger partial charge in [-0.2, -0.15) is 0 Å². The number of likely N-dealkylation sites (tertiary alicyclic amines) is 1. The number of H-pyrrole nitrogens is 1. The van der Waals surface area contributed by atoms with Crippen molar-refractivity contribution in [3.8, 4) is 11.5 Å². The highest BCUT2D eigenvalue weighted by molar-refractivity contribution is 7.98. The maximum atomic E-state index is 13.4. The molecule has 1 aliphatic heterocycles. The number of aromatic nitrogens is 2. The van der Waals surface area contributed by atoms with Crippen molar-refractivity contribution >= 4 is 22.8 Å². The summed E-state index contributed by atoms with van der Waals surface area (Å²) >= 11 is 1.65. The van der Waals surface area contributed by atoms with Gasteiger partial charge in [0.05, 0.1) is 30.1 Å². The minimum absolute atomic E-state index is 0.237. The number of nitrogens with zero attached hydrogens (tertiary/aromatic N) is 2. The van der Waals surface area contributed by atoms with Crippen LogP contribution < -0.4 is 9.47 Å². The summed E-state index contributed by atoms with van der Waals surface area (Å²) in [6.45, 7) is 2.78. The Morgan fingerprint density at radius 3 is 2.59 bits per heavy atom. The second-order valence-corrected chi connectivity index (χ2v) is 8.20. The first-order chi connectivity index (χ1) is 14.1.